The number of carbonyl (C=O) groups is 1. The average Bonchev–Trinajstić information content (AvgIpc) is 2.69. The monoisotopic (exact) mass is 279 g/mol. The van der Waals surface area contributed by atoms with Gasteiger partial charge in [0.1, 0.15) is 6.54 Å². The Labute approximate surface area is 108 Å². The van der Waals surface area contributed by atoms with Crippen LogP contribution < -0.4 is 5.32 Å². The minimum Gasteiger partial charge on any atom is -0.396 e. The molecule has 1 heterocycles. The van der Waals surface area contributed by atoms with E-state index in [1.54, 1.807) is 6.92 Å². The van der Waals surface area contributed by atoms with Crippen LogP contribution in [0.4, 0.5) is 13.2 Å². The lowest BCUT2D eigenvalue weighted by Crippen LogP contribution is -2.27. The summed E-state index contributed by atoms with van der Waals surface area (Å²) < 4.78 is 39.2. The SMILES string of the molecule is CCNC(=O)Cn1cc(CCCO)c(C(F)(F)F)n1. The molecular weight excluding hydrogens is 263 g/mol. The number of hydrogen-bond donors (Lipinski definition) is 2. The highest BCUT2D eigenvalue weighted by Gasteiger charge is 2.36. The highest BCUT2D eigenvalue weighted by Crippen LogP contribution is 2.31. The average molecular weight is 279 g/mol. The predicted octanol–water partition coefficient (Wildman–Crippen LogP) is 0.963. The fraction of sp³-hybridized carbons (Fsp3) is 0.636. The molecule has 8 heteroatoms. The first-order valence-corrected chi connectivity index (χ1v) is 5.89. The van der Waals surface area contributed by atoms with Gasteiger partial charge in [0.25, 0.3) is 0 Å². The summed E-state index contributed by atoms with van der Waals surface area (Å²) in [5, 5.41) is 14.6. The molecule has 0 bridgehead atoms. The normalized spacial score (nSPS) is 11.6. The summed E-state index contributed by atoms with van der Waals surface area (Å²) in [6.45, 7) is 1.67. The van der Waals surface area contributed by atoms with Gasteiger partial charge in [-0.05, 0) is 19.8 Å². The predicted molar refractivity (Wildman–Crippen MR) is 61.3 cm³/mol. The highest BCUT2D eigenvalue weighted by molar-refractivity contribution is 5.75. The largest absolute Gasteiger partial charge is 0.435 e. The van der Waals surface area contributed by atoms with Crippen LogP contribution in [0.3, 0.4) is 0 Å². The summed E-state index contributed by atoms with van der Waals surface area (Å²) in [6.07, 6.45) is -3.07. The van der Waals surface area contributed by atoms with Gasteiger partial charge >= 0.3 is 6.18 Å². The van der Waals surface area contributed by atoms with Gasteiger partial charge in [0.15, 0.2) is 5.69 Å². The van der Waals surface area contributed by atoms with Gasteiger partial charge in [-0.1, -0.05) is 0 Å². The number of carbonyl (C=O) groups excluding carboxylic acids is 1. The first kappa shape index (κ1) is 15.5. The molecule has 0 aliphatic heterocycles. The van der Waals surface area contributed by atoms with Gasteiger partial charge in [0, 0.05) is 24.9 Å². The quantitative estimate of drug-likeness (QED) is 0.815. The Morgan fingerprint density at radius 3 is 2.74 bits per heavy atom. The van der Waals surface area contributed by atoms with Gasteiger partial charge in [-0.3, -0.25) is 9.48 Å². The third kappa shape index (κ3) is 4.55. The van der Waals surface area contributed by atoms with Crippen molar-refractivity contribution in [2.45, 2.75) is 32.5 Å². The zero-order valence-corrected chi connectivity index (χ0v) is 10.5. The number of rotatable bonds is 6. The van der Waals surface area contributed by atoms with Crippen LogP contribution in [0, 0.1) is 0 Å². The molecule has 0 fully saturated rings. The van der Waals surface area contributed by atoms with Crippen molar-refractivity contribution >= 4 is 5.91 Å². The van der Waals surface area contributed by atoms with Crippen LogP contribution in [0.1, 0.15) is 24.6 Å². The summed E-state index contributed by atoms with van der Waals surface area (Å²) in [5.41, 5.74) is -1.00. The molecule has 108 valence electrons. The fourth-order valence-corrected chi connectivity index (χ4v) is 1.63. The van der Waals surface area contributed by atoms with E-state index in [1.807, 2.05) is 0 Å². The number of aliphatic hydroxyl groups is 1. The van der Waals surface area contributed by atoms with Gasteiger partial charge in [0.05, 0.1) is 0 Å². The zero-order valence-electron chi connectivity index (χ0n) is 10.5. The van der Waals surface area contributed by atoms with Crippen molar-refractivity contribution < 1.29 is 23.1 Å². The lowest BCUT2D eigenvalue weighted by atomic mass is 10.1. The molecule has 1 rings (SSSR count). The van der Waals surface area contributed by atoms with E-state index in [2.05, 4.69) is 10.4 Å². The van der Waals surface area contributed by atoms with E-state index in [0.717, 1.165) is 4.68 Å². The lowest BCUT2D eigenvalue weighted by Gasteiger charge is -2.05. The number of hydrogen-bond acceptors (Lipinski definition) is 3. The first-order chi connectivity index (χ1) is 8.88. The minimum absolute atomic E-state index is 0.00847. The fourth-order valence-electron chi connectivity index (χ4n) is 1.63. The van der Waals surface area contributed by atoms with Gasteiger partial charge in [-0.15, -0.1) is 0 Å². The Kier molecular flexibility index (Phi) is 5.34. The van der Waals surface area contributed by atoms with Gasteiger partial charge in [0.2, 0.25) is 5.91 Å². The summed E-state index contributed by atoms with van der Waals surface area (Å²) in [4.78, 5) is 11.3. The summed E-state index contributed by atoms with van der Waals surface area (Å²) in [6, 6.07) is 0. The number of aryl methyl sites for hydroxylation is 1. The minimum atomic E-state index is -4.56. The summed E-state index contributed by atoms with van der Waals surface area (Å²) in [7, 11) is 0. The van der Waals surface area contributed by atoms with Crippen LogP contribution in [-0.2, 0) is 23.9 Å². The van der Waals surface area contributed by atoms with E-state index in [-0.39, 0.29) is 31.6 Å². The number of nitrogens with zero attached hydrogens (tertiary/aromatic N) is 2. The van der Waals surface area contributed by atoms with E-state index >= 15 is 0 Å². The smallest absolute Gasteiger partial charge is 0.396 e. The van der Waals surface area contributed by atoms with Crippen molar-refractivity contribution in [3.63, 3.8) is 0 Å². The zero-order chi connectivity index (χ0) is 14.5. The Balaban J connectivity index is 2.90. The Morgan fingerprint density at radius 2 is 2.21 bits per heavy atom. The molecule has 0 spiro atoms. The second kappa shape index (κ2) is 6.55. The van der Waals surface area contributed by atoms with Gasteiger partial charge < -0.3 is 10.4 Å². The number of aliphatic hydroxyl groups excluding tert-OH is 1. The molecule has 1 aromatic heterocycles. The molecule has 0 aliphatic carbocycles. The molecule has 1 aromatic rings. The molecule has 0 unspecified atom stereocenters. The number of alkyl halides is 3. The summed E-state index contributed by atoms with van der Waals surface area (Å²) >= 11 is 0. The van der Waals surface area contributed by atoms with Crippen LogP contribution in [0.5, 0.6) is 0 Å². The van der Waals surface area contributed by atoms with Gasteiger partial charge in [-0.25, -0.2) is 0 Å². The Morgan fingerprint density at radius 1 is 1.53 bits per heavy atom. The van der Waals surface area contributed by atoms with E-state index < -0.39 is 17.8 Å². The van der Waals surface area contributed by atoms with Crippen molar-refractivity contribution in [2.75, 3.05) is 13.2 Å². The van der Waals surface area contributed by atoms with E-state index in [9.17, 15) is 18.0 Å². The van der Waals surface area contributed by atoms with Gasteiger partial charge in [-0.2, -0.15) is 18.3 Å². The lowest BCUT2D eigenvalue weighted by molar-refractivity contribution is -0.142. The topological polar surface area (TPSA) is 67.2 Å². The van der Waals surface area contributed by atoms with E-state index in [1.165, 1.54) is 6.20 Å². The third-order valence-corrected chi connectivity index (χ3v) is 2.39. The molecule has 0 aromatic carbocycles. The number of nitrogens with one attached hydrogen (secondary N) is 1. The van der Waals surface area contributed by atoms with Crippen molar-refractivity contribution in [2.24, 2.45) is 0 Å². The van der Waals surface area contributed by atoms with Crippen molar-refractivity contribution in [3.8, 4) is 0 Å². The summed E-state index contributed by atoms with van der Waals surface area (Å²) in [5.74, 6) is -0.396. The molecule has 0 radical (unpaired) electrons. The maximum absolute atomic E-state index is 12.7. The highest BCUT2D eigenvalue weighted by atomic mass is 19.4. The van der Waals surface area contributed by atoms with Crippen molar-refractivity contribution in [1.29, 1.82) is 0 Å². The molecule has 0 saturated carbocycles. The molecule has 19 heavy (non-hydrogen) atoms. The van der Waals surface area contributed by atoms with Crippen LogP contribution in [-0.4, -0.2) is 33.9 Å². The number of aromatic nitrogens is 2. The Hall–Kier alpha value is -1.57. The molecule has 0 atom stereocenters. The molecule has 0 aliphatic rings. The first-order valence-electron chi connectivity index (χ1n) is 5.89. The molecule has 1 amide bonds. The third-order valence-electron chi connectivity index (χ3n) is 2.39. The van der Waals surface area contributed by atoms with Crippen LogP contribution >= 0.6 is 0 Å². The molecule has 2 N–H and O–H groups in total. The van der Waals surface area contributed by atoms with Crippen molar-refractivity contribution in [3.05, 3.63) is 17.5 Å². The number of likely N-dealkylation sites (N-methyl/N-ethyl adjacent to an activating group) is 1. The second-order valence-electron chi connectivity index (χ2n) is 3.98. The van der Waals surface area contributed by atoms with Crippen LogP contribution in [0.2, 0.25) is 0 Å². The molecule has 0 saturated heterocycles. The van der Waals surface area contributed by atoms with Crippen LogP contribution in [0.15, 0.2) is 6.20 Å². The second-order valence-corrected chi connectivity index (χ2v) is 3.98. The number of halogens is 3. The molecular formula is C11H16F3N3O2. The number of amides is 1. The molecule has 5 nitrogen and oxygen atoms in total. The standard InChI is InChI=1S/C11H16F3N3O2/c1-2-15-9(19)7-17-6-8(4-3-5-18)10(16-17)11(12,13)14/h6,18H,2-5,7H2,1H3,(H,15,19). The Bertz CT molecular complexity index is 429. The maximum Gasteiger partial charge on any atom is 0.435 e. The van der Waals surface area contributed by atoms with Crippen molar-refractivity contribution in [1.82, 2.24) is 15.1 Å². The van der Waals surface area contributed by atoms with E-state index in [4.69, 9.17) is 5.11 Å². The van der Waals surface area contributed by atoms with Crippen LogP contribution in [0.25, 0.3) is 0 Å². The maximum atomic E-state index is 12.7. The van der Waals surface area contributed by atoms with E-state index in [0.29, 0.717) is 6.54 Å².